The van der Waals surface area contributed by atoms with Gasteiger partial charge in [-0.3, -0.25) is 0 Å². The van der Waals surface area contributed by atoms with Crippen LogP contribution in [0.4, 0.5) is 17.1 Å². The van der Waals surface area contributed by atoms with Crippen molar-refractivity contribution < 1.29 is 11.0 Å². The van der Waals surface area contributed by atoms with Crippen LogP contribution in [-0.4, -0.2) is 0 Å². The van der Waals surface area contributed by atoms with E-state index in [9.17, 15) is 11.0 Å². The molecule has 0 N–H and O–H groups in total. The first-order valence-electron chi connectivity index (χ1n) is 22.4. The van der Waals surface area contributed by atoms with Crippen molar-refractivity contribution in [3.8, 4) is 22.3 Å². The highest BCUT2D eigenvalue weighted by atomic mass is 15.1. The van der Waals surface area contributed by atoms with Gasteiger partial charge in [-0.1, -0.05) is 164 Å². The number of hydrogen-bond donors (Lipinski definition) is 0. The Hall–Kier alpha value is -7.22. The maximum absolute atomic E-state index is 9.76. The Balaban J connectivity index is 1.21. The van der Waals surface area contributed by atoms with E-state index >= 15 is 0 Å². The van der Waals surface area contributed by atoms with Crippen LogP contribution in [0.25, 0.3) is 86.9 Å². The van der Waals surface area contributed by atoms with Crippen LogP contribution in [-0.2, 0) is 0 Å². The minimum atomic E-state index is -0.386. The molecular weight excluding hydrogens is 663 g/mol. The van der Waals surface area contributed by atoms with Gasteiger partial charge in [0.15, 0.2) is 0 Å². The Bertz CT molecular complexity index is 3500. The maximum atomic E-state index is 9.76. The van der Waals surface area contributed by atoms with Gasteiger partial charge in [0.1, 0.15) is 0 Å². The molecule has 0 saturated carbocycles. The third-order valence-electron chi connectivity index (χ3n) is 10.7. The molecule has 0 atom stereocenters. The Morgan fingerprint density at radius 1 is 0.273 bits per heavy atom. The smallest absolute Gasteiger partial charge is 0.0645 e. The molecular formula is C54H35N. The second-order valence-corrected chi connectivity index (χ2v) is 13.9. The van der Waals surface area contributed by atoms with E-state index in [1.54, 1.807) is 6.07 Å². The first-order chi connectivity index (χ1) is 30.6. The van der Waals surface area contributed by atoms with Crippen LogP contribution in [0.3, 0.4) is 0 Å². The predicted octanol–water partition coefficient (Wildman–Crippen LogP) is 15.4. The Morgan fingerprint density at radius 3 is 1.13 bits per heavy atom. The lowest BCUT2D eigenvalue weighted by Crippen LogP contribution is -2.10. The molecule has 0 heterocycles. The Morgan fingerprint density at radius 2 is 0.636 bits per heavy atom. The third-order valence-corrected chi connectivity index (χ3v) is 10.7. The van der Waals surface area contributed by atoms with Gasteiger partial charge in [0.05, 0.1) is 11.0 Å². The first-order valence-corrected chi connectivity index (χ1v) is 18.4. The summed E-state index contributed by atoms with van der Waals surface area (Å²) in [7, 11) is 0. The fourth-order valence-electron chi connectivity index (χ4n) is 8.13. The monoisotopic (exact) mass is 705 g/mol. The number of fused-ring (bicyclic) bond motifs is 9. The van der Waals surface area contributed by atoms with E-state index in [0.29, 0.717) is 16.8 Å². The summed E-state index contributed by atoms with van der Waals surface area (Å²) in [4.78, 5) is 1.40. The molecule has 0 aliphatic rings. The molecule has 1 heteroatoms. The quantitative estimate of drug-likeness (QED) is 0.161. The molecule has 0 aliphatic carbocycles. The SMILES string of the molecule is [2H]c1c([2H])c(N(c2ccc3ccc4ccccc4c3c2)c2c([2H])c([2H])c(-c3cc4ccccc4c4ccccc34)c([2H])c2[2H])c([2H])c([2H])c1-c1cc2ccccc2c2ccccc12. The fraction of sp³-hybridized carbons (Fsp3) is 0. The average molecular weight is 706 g/mol. The summed E-state index contributed by atoms with van der Waals surface area (Å²) in [5.74, 6) is 0. The molecule has 0 bridgehead atoms. The average Bonchev–Trinajstić information content (AvgIpc) is 3.32. The molecule has 0 unspecified atom stereocenters. The molecule has 0 radical (unpaired) electrons. The molecule has 256 valence electrons. The topological polar surface area (TPSA) is 3.24 Å². The molecule has 0 amide bonds. The van der Waals surface area contributed by atoms with Crippen LogP contribution < -0.4 is 4.90 Å². The molecule has 11 rings (SSSR count). The van der Waals surface area contributed by atoms with Gasteiger partial charge >= 0.3 is 0 Å². The molecule has 0 spiro atoms. The fourth-order valence-corrected chi connectivity index (χ4v) is 8.13. The summed E-state index contributed by atoms with van der Waals surface area (Å²) < 4.78 is 77.6. The van der Waals surface area contributed by atoms with Crippen LogP contribution in [0.1, 0.15) is 11.0 Å². The number of benzene rings is 11. The third kappa shape index (κ3) is 5.24. The van der Waals surface area contributed by atoms with E-state index in [1.807, 2.05) is 158 Å². The zero-order chi connectivity index (χ0) is 43.3. The molecule has 0 aromatic heterocycles. The zero-order valence-electron chi connectivity index (χ0n) is 37.5. The summed E-state index contributed by atoms with van der Waals surface area (Å²) in [6.45, 7) is 0. The normalized spacial score (nSPS) is 13.7. The highest BCUT2D eigenvalue weighted by molar-refractivity contribution is 6.15. The van der Waals surface area contributed by atoms with Crippen LogP contribution in [0.5, 0.6) is 0 Å². The van der Waals surface area contributed by atoms with Gasteiger partial charge in [0.2, 0.25) is 0 Å². The summed E-state index contributed by atoms with van der Waals surface area (Å²) >= 11 is 0. The van der Waals surface area contributed by atoms with Crippen molar-refractivity contribution in [2.75, 3.05) is 4.90 Å². The van der Waals surface area contributed by atoms with E-state index in [4.69, 9.17) is 0 Å². The lowest BCUT2D eigenvalue weighted by atomic mass is 9.93. The van der Waals surface area contributed by atoms with E-state index in [0.717, 1.165) is 64.6 Å². The van der Waals surface area contributed by atoms with Crippen molar-refractivity contribution in [3.05, 3.63) is 212 Å². The zero-order valence-corrected chi connectivity index (χ0v) is 29.5. The van der Waals surface area contributed by atoms with Gasteiger partial charge in [0, 0.05) is 17.1 Å². The van der Waals surface area contributed by atoms with Crippen molar-refractivity contribution in [1.29, 1.82) is 0 Å². The molecule has 0 saturated heterocycles. The highest BCUT2D eigenvalue weighted by Crippen LogP contribution is 2.42. The van der Waals surface area contributed by atoms with Gasteiger partial charge in [-0.15, -0.1) is 0 Å². The second kappa shape index (κ2) is 12.7. The number of rotatable bonds is 5. The highest BCUT2D eigenvalue weighted by Gasteiger charge is 2.17. The van der Waals surface area contributed by atoms with Crippen molar-refractivity contribution >= 4 is 81.7 Å². The van der Waals surface area contributed by atoms with E-state index in [2.05, 4.69) is 0 Å². The van der Waals surface area contributed by atoms with Crippen molar-refractivity contribution in [1.82, 2.24) is 0 Å². The molecule has 0 fully saturated rings. The van der Waals surface area contributed by atoms with Crippen LogP contribution >= 0.6 is 0 Å². The van der Waals surface area contributed by atoms with Crippen LogP contribution in [0, 0.1) is 0 Å². The number of anilines is 3. The van der Waals surface area contributed by atoms with Crippen molar-refractivity contribution in [2.24, 2.45) is 0 Å². The van der Waals surface area contributed by atoms with E-state index in [-0.39, 0.29) is 70.8 Å². The first kappa shape index (κ1) is 24.2. The lowest BCUT2D eigenvalue weighted by Gasteiger charge is -2.26. The molecule has 11 aromatic rings. The second-order valence-electron chi connectivity index (χ2n) is 13.9. The minimum absolute atomic E-state index is 0.123. The van der Waals surface area contributed by atoms with Crippen molar-refractivity contribution in [3.63, 3.8) is 0 Å². The number of nitrogens with zero attached hydrogens (tertiary/aromatic N) is 1. The largest absolute Gasteiger partial charge is 0.310 e. The van der Waals surface area contributed by atoms with Gasteiger partial charge in [-0.05, 0) is 135 Å². The van der Waals surface area contributed by atoms with E-state index < -0.39 is 0 Å². The molecule has 55 heavy (non-hydrogen) atoms. The maximum Gasteiger partial charge on any atom is 0.0645 e. The summed E-state index contributed by atoms with van der Waals surface area (Å²) in [6.07, 6.45) is 0. The Labute approximate surface area is 331 Å². The minimum Gasteiger partial charge on any atom is -0.310 e. The van der Waals surface area contributed by atoms with Crippen LogP contribution in [0.15, 0.2) is 212 Å². The van der Waals surface area contributed by atoms with Gasteiger partial charge in [0.25, 0.3) is 0 Å². The molecule has 11 aromatic carbocycles. The lowest BCUT2D eigenvalue weighted by molar-refractivity contribution is 1.29. The molecule has 0 aliphatic heterocycles. The number of hydrogen-bond acceptors (Lipinski definition) is 1. The van der Waals surface area contributed by atoms with E-state index in [1.165, 1.54) is 4.90 Å². The summed E-state index contributed by atoms with van der Waals surface area (Å²) in [5, 5.41) is 10.8. The van der Waals surface area contributed by atoms with Crippen molar-refractivity contribution in [2.45, 2.75) is 0 Å². The Kier molecular flexibility index (Phi) is 5.59. The summed E-state index contributed by atoms with van der Waals surface area (Å²) in [5.41, 5.74) is 1.32. The van der Waals surface area contributed by atoms with Gasteiger partial charge in [-0.2, -0.15) is 0 Å². The van der Waals surface area contributed by atoms with Crippen LogP contribution in [0.2, 0.25) is 0 Å². The molecule has 1 nitrogen and oxygen atoms in total. The standard InChI is InChI=1S/C54H35N/c1-4-14-45-36(11-1)21-22-37-27-32-44(35-54(37)45)55(42-28-23-38(24-29-42)52-33-40-12-2-5-15-46(40)48-17-7-9-19-50(48)52)43-30-25-39(26-31-43)53-34-41-13-3-6-16-47(41)49-18-8-10-20-51(49)53/h1-35H/i23D,24D,25D,26D,28D,29D,30D,31D. The predicted molar refractivity (Wildman–Crippen MR) is 237 cm³/mol. The van der Waals surface area contributed by atoms with Gasteiger partial charge in [-0.25, -0.2) is 0 Å². The van der Waals surface area contributed by atoms with Gasteiger partial charge < -0.3 is 4.90 Å². The summed E-state index contributed by atoms with van der Waals surface area (Å²) in [6, 6.07) is 49.8.